The average molecular weight is 280 g/mol. The third-order valence-electron chi connectivity index (χ3n) is 3.93. The summed E-state index contributed by atoms with van der Waals surface area (Å²) in [4.78, 5) is 14.1. The molecule has 0 saturated carbocycles. The van der Waals surface area contributed by atoms with Crippen molar-refractivity contribution in [3.63, 3.8) is 0 Å². The van der Waals surface area contributed by atoms with Gasteiger partial charge >= 0.3 is 0 Å². The van der Waals surface area contributed by atoms with Gasteiger partial charge in [-0.05, 0) is 45.7 Å². The predicted octanol–water partition coefficient (Wildman–Crippen LogP) is 1.37. The minimum atomic E-state index is -0.0207. The molecule has 1 unspecified atom stereocenters. The predicted molar refractivity (Wildman–Crippen MR) is 77.3 cm³/mol. The van der Waals surface area contributed by atoms with Crippen molar-refractivity contribution in [1.29, 1.82) is 0 Å². The molecule has 1 aromatic heterocycles. The fraction of sp³-hybridized carbons (Fsp3) is 0.714. The zero-order valence-electron chi connectivity index (χ0n) is 12.3. The third-order valence-corrected chi connectivity index (χ3v) is 3.93. The van der Waals surface area contributed by atoms with Gasteiger partial charge in [-0.25, -0.2) is 0 Å². The molecule has 2 heterocycles. The number of hydrogen-bond acceptors (Lipinski definition) is 5. The molecule has 0 radical (unpaired) electrons. The first-order chi connectivity index (χ1) is 9.54. The van der Waals surface area contributed by atoms with E-state index in [9.17, 15) is 4.79 Å². The van der Waals surface area contributed by atoms with Gasteiger partial charge < -0.3 is 20.5 Å². The number of aryl methyl sites for hydroxylation is 1. The van der Waals surface area contributed by atoms with Crippen LogP contribution in [-0.4, -0.2) is 41.6 Å². The largest absolute Gasteiger partial charge is 0.360 e. The van der Waals surface area contributed by atoms with Crippen LogP contribution < -0.4 is 11.1 Å². The maximum atomic E-state index is 11.8. The van der Waals surface area contributed by atoms with Crippen molar-refractivity contribution in [1.82, 2.24) is 10.1 Å². The molecule has 6 nitrogen and oxygen atoms in total. The molecular formula is C14H24N4O2. The van der Waals surface area contributed by atoms with Crippen molar-refractivity contribution in [3.8, 4) is 0 Å². The number of likely N-dealkylation sites (tertiary alicyclic amines) is 1. The lowest BCUT2D eigenvalue weighted by molar-refractivity contribution is -0.116. The van der Waals surface area contributed by atoms with Crippen molar-refractivity contribution >= 4 is 11.7 Å². The number of aromatic nitrogens is 1. The molecule has 112 valence electrons. The fourth-order valence-electron chi connectivity index (χ4n) is 2.59. The lowest BCUT2D eigenvalue weighted by Gasteiger charge is -2.33. The van der Waals surface area contributed by atoms with Gasteiger partial charge in [0.2, 0.25) is 5.91 Å². The van der Waals surface area contributed by atoms with Crippen LogP contribution in [0.5, 0.6) is 0 Å². The smallest absolute Gasteiger partial charge is 0.226 e. The highest BCUT2D eigenvalue weighted by atomic mass is 16.5. The van der Waals surface area contributed by atoms with E-state index in [1.807, 2.05) is 0 Å². The van der Waals surface area contributed by atoms with Gasteiger partial charge in [0.05, 0.1) is 0 Å². The van der Waals surface area contributed by atoms with Crippen LogP contribution in [0, 0.1) is 12.8 Å². The zero-order chi connectivity index (χ0) is 14.5. The zero-order valence-corrected chi connectivity index (χ0v) is 12.3. The van der Waals surface area contributed by atoms with E-state index in [1.165, 1.54) is 0 Å². The molecule has 20 heavy (non-hydrogen) atoms. The number of nitrogens with two attached hydrogens (primary N) is 1. The second kappa shape index (κ2) is 6.85. The second-order valence-electron chi connectivity index (χ2n) is 5.66. The summed E-state index contributed by atoms with van der Waals surface area (Å²) in [6.45, 7) is 6.72. The Hall–Kier alpha value is -1.40. The Labute approximate surface area is 119 Å². The number of rotatable bonds is 5. The SMILES string of the molecule is Cc1cc(NC(=O)CCN2CCC(C(C)N)CC2)no1. The average Bonchev–Trinajstić information content (AvgIpc) is 2.82. The van der Waals surface area contributed by atoms with Gasteiger partial charge in [-0.3, -0.25) is 4.79 Å². The summed E-state index contributed by atoms with van der Waals surface area (Å²) in [6, 6.07) is 1.99. The molecule has 0 aromatic carbocycles. The molecule has 1 amide bonds. The quantitative estimate of drug-likeness (QED) is 0.851. The van der Waals surface area contributed by atoms with E-state index in [-0.39, 0.29) is 11.9 Å². The monoisotopic (exact) mass is 280 g/mol. The Morgan fingerprint density at radius 1 is 1.60 bits per heavy atom. The van der Waals surface area contributed by atoms with E-state index in [0.717, 1.165) is 32.5 Å². The number of nitrogens with zero attached hydrogens (tertiary/aromatic N) is 2. The summed E-state index contributed by atoms with van der Waals surface area (Å²) in [5.74, 6) is 1.78. The first-order valence-corrected chi connectivity index (χ1v) is 7.25. The highest BCUT2D eigenvalue weighted by Crippen LogP contribution is 2.19. The Morgan fingerprint density at radius 3 is 2.85 bits per heavy atom. The normalized spacial score (nSPS) is 18.9. The summed E-state index contributed by atoms with van der Waals surface area (Å²) in [7, 11) is 0. The summed E-state index contributed by atoms with van der Waals surface area (Å²) in [5.41, 5.74) is 5.92. The van der Waals surface area contributed by atoms with Gasteiger partial charge in [0.15, 0.2) is 5.82 Å². The van der Waals surface area contributed by atoms with E-state index in [2.05, 4.69) is 22.3 Å². The molecule has 1 saturated heterocycles. The van der Waals surface area contributed by atoms with Gasteiger partial charge in [-0.2, -0.15) is 0 Å². The van der Waals surface area contributed by atoms with Crippen LogP contribution in [0.25, 0.3) is 0 Å². The van der Waals surface area contributed by atoms with Crippen molar-refractivity contribution in [2.24, 2.45) is 11.7 Å². The lowest BCUT2D eigenvalue weighted by Crippen LogP contribution is -2.40. The van der Waals surface area contributed by atoms with Gasteiger partial charge in [0.1, 0.15) is 5.76 Å². The first-order valence-electron chi connectivity index (χ1n) is 7.25. The minimum absolute atomic E-state index is 0.0207. The maximum Gasteiger partial charge on any atom is 0.226 e. The van der Waals surface area contributed by atoms with E-state index in [4.69, 9.17) is 10.3 Å². The standard InChI is InChI=1S/C14H24N4O2/c1-10-9-13(17-20-10)16-14(19)5-8-18-6-3-12(4-7-18)11(2)15/h9,11-12H,3-8,15H2,1-2H3,(H,16,17,19). The van der Waals surface area contributed by atoms with Crippen LogP contribution in [0.15, 0.2) is 10.6 Å². The number of anilines is 1. The highest BCUT2D eigenvalue weighted by Gasteiger charge is 2.22. The summed E-state index contributed by atoms with van der Waals surface area (Å²) >= 11 is 0. The molecule has 0 bridgehead atoms. The van der Waals surface area contributed by atoms with Gasteiger partial charge in [0.25, 0.3) is 0 Å². The van der Waals surface area contributed by atoms with E-state index < -0.39 is 0 Å². The van der Waals surface area contributed by atoms with Crippen molar-refractivity contribution in [3.05, 3.63) is 11.8 Å². The van der Waals surface area contributed by atoms with E-state index in [1.54, 1.807) is 13.0 Å². The van der Waals surface area contributed by atoms with Crippen LogP contribution in [0.2, 0.25) is 0 Å². The molecule has 6 heteroatoms. The number of piperidine rings is 1. The first kappa shape index (κ1) is 15.0. The summed E-state index contributed by atoms with van der Waals surface area (Å²) < 4.78 is 4.91. The maximum absolute atomic E-state index is 11.8. The second-order valence-corrected chi connectivity index (χ2v) is 5.66. The molecule has 0 aliphatic carbocycles. The molecule has 3 N–H and O–H groups in total. The number of hydrogen-bond donors (Lipinski definition) is 2. The Bertz CT molecular complexity index is 436. The minimum Gasteiger partial charge on any atom is -0.360 e. The number of carbonyl (C=O) groups excluding carboxylic acids is 1. The highest BCUT2D eigenvalue weighted by molar-refractivity contribution is 5.89. The number of carbonyl (C=O) groups is 1. The lowest BCUT2D eigenvalue weighted by atomic mass is 9.91. The van der Waals surface area contributed by atoms with Crippen LogP contribution in [0.3, 0.4) is 0 Å². The molecule has 0 spiro atoms. The molecule has 1 aromatic rings. The van der Waals surface area contributed by atoms with Crippen molar-refractivity contribution < 1.29 is 9.32 Å². The molecule has 2 rings (SSSR count). The van der Waals surface area contributed by atoms with Crippen LogP contribution in [0.1, 0.15) is 31.9 Å². The van der Waals surface area contributed by atoms with E-state index >= 15 is 0 Å². The number of amides is 1. The third kappa shape index (κ3) is 4.31. The number of nitrogens with one attached hydrogen (secondary N) is 1. The molecule has 1 fully saturated rings. The summed E-state index contributed by atoms with van der Waals surface area (Å²) in [5, 5.41) is 6.48. The molecule has 1 aliphatic rings. The molecule has 1 aliphatic heterocycles. The van der Waals surface area contributed by atoms with Crippen molar-refractivity contribution in [2.45, 2.75) is 39.2 Å². The molecular weight excluding hydrogens is 256 g/mol. The van der Waals surface area contributed by atoms with Crippen molar-refractivity contribution in [2.75, 3.05) is 25.0 Å². The van der Waals surface area contributed by atoms with Crippen LogP contribution in [0.4, 0.5) is 5.82 Å². The van der Waals surface area contributed by atoms with E-state index in [0.29, 0.717) is 23.9 Å². The Kier molecular flexibility index (Phi) is 5.14. The topological polar surface area (TPSA) is 84.4 Å². The van der Waals surface area contributed by atoms with Gasteiger partial charge in [-0.1, -0.05) is 5.16 Å². The summed E-state index contributed by atoms with van der Waals surface area (Å²) in [6.07, 6.45) is 2.73. The van der Waals surface area contributed by atoms with Gasteiger partial charge in [-0.15, -0.1) is 0 Å². The van der Waals surface area contributed by atoms with Crippen LogP contribution >= 0.6 is 0 Å². The van der Waals surface area contributed by atoms with Gasteiger partial charge in [0, 0.05) is 25.1 Å². The Balaban J connectivity index is 1.67. The van der Waals surface area contributed by atoms with Crippen LogP contribution in [-0.2, 0) is 4.79 Å². The molecule has 1 atom stereocenters. The fourth-order valence-corrected chi connectivity index (χ4v) is 2.59. The Morgan fingerprint density at radius 2 is 2.30 bits per heavy atom.